The molecule has 1 aliphatic carbocycles. The molecule has 2 aromatic carbocycles. The highest BCUT2D eigenvalue weighted by Crippen LogP contribution is 2.42. The molecule has 1 aliphatic heterocycles. The van der Waals surface area contributed by atoms with Crippen LogP contribution in [0.15, 0.2) is 30.6 Å². The van der Waals surface area contributed by atoms with Gasteiger partial charge in [-0.2, -0.15) is 0 Å². The Morgan fingerprint density at radius 1 is 1.12 bits per heavy atom. The summed E-state index contributed by atoms with van der Waals surface area (Å²) in [6.45, 7) is 6.45. The number of hydrogen-bond acceptors (Lipinski definition) is 6. The number of likely N-dealkylation sites (tertiary alicyclic amines) is 1. The van der Waals surface area contributed by atoms with Gasteiger partial charge in [0.05, 0.1) is 35.0 Å². The second-order valence-electron chi connectivity index (χ2n) is 9.11. The van der Waals surface area contributed by atoms with Crippen LogP contribution in [0.2, 0.25) is 10.0 Å². The number of rotatable bonds is 7. The molecule has 1 aromatic heterocycles. The second kappa shape index (κ2) is 9.72. The van der Waals surface area contributed by atoms with Crippen LogP contribution >= 0.6 is 23.2 Å². The predicted octanol–water partition coefficient (Wildman–Crippen LogP) is 6.18. The van der Waals surface area contributed by atoms with Crippen molar-refractivity contribution in [1.29, 1.82) is 0 Å². The van der Waals surface area contributed by atoms with E-state index >= 15 is 0 Å². The molecule has 180 valence electrons. The molecule has 3 aromatic rings. The number of methoxy groups -OCH3 is 1. The van der Waals surface area contributed by atoms with Crippen LogP contribution in [0.25, 0.3) is 10.9 Å². The lowest BCUT2D eigenvalue weighted by Gasteiger charge is -2.18. The van der Waals surface area contributed by atoms with Gasteiger partial charge in [-0.25, -0.2) is 14.4 Å². The molecular weight excluding hydrogens is 478 g/mol. The van der Waals surface area contributed by atoms with Crippen molar-refractivity contribution in [3.05, 3.63) is 46.5 Å². The molecule has 9 heteroatoms. The summed E-state index contributed by atoms with van der Waals surface area (Å²) < 4.78 is 26.4. The van der Waals surface area contributed by atoms with Crippen LogP contribution < -0.4 is 14.8 Å². The monoisotopic (exact) mass is 504 g/mol. The summed E-state index contributed by atoms with van der Waals surface area (Å²) in [5.74, 6) is 3.13. The van der Waals surface area contributed by atoms with E-state index in [0.717, 1.165) is 18.4 Å². The molecule has 6 nitrogen and oxygen atoms in total. The third kappa shape index (κ3) is 4.49. The summed E-state index contributed by atoms with van der Waals surface area (Å²) in [6.07, 6.45) is 3.85. The predicted molar refractivity (Wildman–Crippen MR) is 133 cm³/mol. The highest BCUT2D eigenvalue weighted by molar-refractivity contribution is 6.42. The first-order valence-corrected chi connectivity index (χ1v) is 12.3. The summed E-state index contributed by atoms with van der Waals surface area (Å²) in [5, 5.41) is 3.67. The fourth-order valence-corrected chi connectivity index (χ4v) is 5.62. The maximum Gasteiger partial charge on any atom is 0.166 e. The van der Waals surface area contributed by atoms with Crippen molar-refractivity contribution in [3.8, 4) is 11.5 Å². The summed E-state index contributed by atoms with van der Waals surface area (Å²) in [6, 6.07) is 6.71. The molecule has 2 fully saturated rings. The molecule has 1 saturated carbocycles. The average Bonchev–Trinajstić information content (AvgIpc) is 3.41. The van der Waals surface area contributed by atoms with E-state index in [1.54, 1.807) is 7.11 Å². The molecule has 2 aliphatic rings. The lowest BCUT2D eigenvalue weighted by molar-refractivity contribution is 0.223. The van der Waals surface area contributed by atoms with Crippen LogP contribution in [0, 0.1) is 23.6 Å². The molecule has 3 atom stereocenters. The van der Waals surface area contributed by atoms with Gasteiger partial charge in [-0.1, -0.05) is 30.1 Å². The molecule has 1 N–H and O–H groups in total. The van der Waals surface area contributed by atoms with Gasteiger partial charge in [-0.3, -0.25) is 0 Å². The highest BCUT2D eigenvalue weighted by Gasteiger charge is 2.40. The Bertz CT molecular complexity index is 1200. The third-order valence-electron chi connectivity index (χ3n) is 7.05. The summed E-state index contributed by atoms with van der Waals surface area (Å²) in [7, 11) is 1.60. The number of ether oxygens (including phenoxy) is 2. The van der Waals surface area contributed by atoms with E-state index in [1.165, 1.54) is 44.4 Å². The molecule has 5 rings (SSSR count). The number of nitrogens with zero attached hydrogens (tertiary/aromatic N) is 3. The van der Waals surface area contributed by atoms with Crippen molar-refractivity contribution in [2.24, 2.45) is 17.8 Å². The van der Waals surface area contributed by atoms with Crippen LogP contribution in [-0.2, 0) is 0 Å². The molecule has 0 bridgehead atoms. The minimum Gasteiger partial charge on any atom is -0.493 e. The molecule has 0 spiro atoms. The van der Waals surface area contributed by atoms with Crippen molar-refractivity contribution in [2.45, 2.75) is 19.8 Å². The second-order valence-corrected chi connectivity index (χ2v) is 9.90. The Balaban J connectivity index is 1.34. The topological polar surface area (TPSA) is 59.5 Å². The van der Waals surface area contributed by atoms with Crippen LogP contribution in [0.5, 0.6) is 11.5 Å². The van der Waals surface area contributed by atoms with Gasteiger partial charge < -0.3 is 19.7 Å². The molecule has 1 saturated heterocycles. The zero-order valence-corrected chi connectivity index (χ0v) is 20.7. The number of fused-ring (bicyclic) bond motifs is 2. The van der Waals surface area contributed by atoms with Crippen LogP contribution in [0.1, 0.15) is 19.8 Å². The van der Waals surface area contributed by atoms with Crippen LogP contribution in [0.3, 0.4) is 0 Å². The first kappa shape index (κ1) is 23.4. The molecule has 0 radical (unpaired) electrons. The van der Waals surface area contributed by atoms with E-state index in [2.05, 4.69) is 27.1 Å². The molecule has 0 unspecified atom stereocenters. The van der Waals surface area contributed by atoms with Crippen molar-refractivity contribution >= 4 is 45.6 Å². The summed E-state index contributed by atoms with van der Waals surface area (Å²) in [5.41, 5.74) is 0.831. The molecular formula is C25H27Cl2FN4O2. The van der Waals surface area contributed by atoms with Crippen LogP contribution in [-0.4, -0.2) is 48.2 Å². The van der Waals surface area contributed by atoms with Crippen LogP contribution in [0.4, 0.5) is 15.9 Å². The normalized spacial score (nSPS) is 22.2. The van der Waals surface area contributed by atoms with E-state index in [-0.39, 0.29) is 15.7 Å². The number of anilines is 2. The maximum atomic E-state index is 14.6. The minimum absolute atomic E-state index is 0.142. The van der Waals surface area contributed by atoms with Gasteiger partial charge in [-0.05, 0) is 55.3 Å². The molecule has 2 heterocycles. The Morgan fingerprint density at radius 2 is 1.88 bits per heavy atom. The van der Waals surface area contributed by atoms with Crippen molar-refractivity contribution in [2.75, 3.05) is 38.7 Å². The Morgan fingerprint density at radius 3 is 2.59 bits per heavy atom. The number of benzene rings is 2. The quantitative estimate of drug-likeness (QED) is 0.387. The van der Waals surface area contributed by atoms with Gasteiger partial charge in [0.25, 0.3) is 0 Å². The summed E-state index contributed by atoms with van der Waals surface area (Å²) in [4.78, 5) is 11.2. The zero-order valence-electron chi connectivity index (χ0n) is 19.2. The van der Waals surface area contributed by atoms with Gasteiger partial charge in [0.2, 0.25) is 0 Å². The SMILES string of the molecule is CCN1C[C@H]2C[C@H](COc3cc4ncnc(Nc5ccc(Cl)c(Cl)c5F)c4cc3OC)C[C@H]2C1. The average molecular weight is 505 g/mol. The summed E-state index contributed by atoms with van der Waals surface area (Å²) >= 11 is 11.9. The fraction of sp³-hybridized carbons (Fsp3) is 0.440. The molecule has 0 amide bonds. The van der Waals surface area contributed by atoms with E-state index in [0.29, 0.717) is 40.7 Å². The van der Waals surface area contributed by atoms with Gasteiger partial charge in [0.15, 0.2) is 17.3 Å². The Kier molecular flexibility index (Phi) is 6.69. The van der Waals surface area contributed by atoms with E-state index in [1.807, 2.05) is 12.1 Å². The number of nitrogens with one attached hydrogen (secondary N) is 1. The van der Waals surface area contributed by atoms with Crippen molar-refractivity contribution in [3.63, 3.8) is 0 Å². The van der Waals surface area contributed by atoms with Gasteiger partial charge >= 0.3 is 0 Å². The van der Waals surface area contributed by atoms with Gasteiger partial charge in [-0.15, -0.1) is 0 Å². The first-order chi connectivity index (χ1) is 16.5. The lowest BCUT2D eigenvalue weighted by Crippen LogP contribution is -2.22. The smallest absolute Gasteiger partial charge is 0.166 e. The fourth-order valence-electron chi connectivity index (χ4n) is 5.31. The lowest BCUT2D eigenvalue weighted by atomic mass is 10.0. The Hall–Kier alpha value is -2.35. The van der Waals surface area contributed by atoms with E-state index < -0.39 is 5.82 Å². The molecule has 34 heavy (non-hydrogen) atoms. The third-order valence-corrected chi connectivity index (χ3v) is 7.84. The number of aromatic nitrogens is 2. The Labute approximate surface area is 208 Å². The van der Waals surface area contributed by atoms with Crippen molar-refractivity contribution < 1.29 is 13.9 Å². The van der Waals surface area contributed by atoms with E-state index in [4.69, 9.17) is 32.7 Å². The maximum absolute atomic E-state index is 14.6. The highest BCUT2D eigenvalue weighted by atomic mass is 35.5. The standard InChI is InChI=1S/C25H27Cl2FN4O2/c1-3-32-10-15-6-14(7-16(15)11-32)12-34-22-9-20-17(8-21(22)33-2)25(30-13-29-20)31-19-5-4-18(26)23(27)24(19)28/h4-5,8-9,13-16H,3,6-7,10-12H2,1-2H3,(H,29,30,31)/t14-,15+,16-. The minimum atomic E-state index is -0.642. The van der Waals surface area contributed by atoms with Gasteiger partial charge in [0, 0.05) is 24.5 Å². The number of halogens is 3. The largest absolute Gasteiger partial charge is 0.493 e. The first-order valence-electron chi connectivity index (χ1n) is 11.5. The number of hydrogen-bond donors (Lipinski definition) is 1. The van der Waals surface area contributed by atoms with Crippen molar-refractivity contribution in [1.82, 2.24) is 14.9 Å². The zero-order chi connectivity index (χ0) is 23.8. The van der Waals surface area contributed by atoms with Gasteiger partial charge in [0.1, 0.15) is 12.1 Å². The van der Waals surface area contributed by atoms with E-state index in [9.17, 15) is 4.39 Å².